The maximum absolute atomic E-state index is 3.62. The Morgan fingerprint density at radius 3 is 2.21 bits per heavy atom. The fourth-order valence-corrected chi connectivity index (χ4v) is 5.78. The molecule has 14 heavy (non-hydrogen) atoms. The molecule has 2 heteroatoms. The monoisotopic (exact) mass is 207 g/mol. The zero-order valence-corrected chi connectivity index (χ0v) is 10.5. The first-order valence-corrected chi connectivity index (χ1v) is 7.95. The molecular formula is C12H21NSi. The largest absolute Gasteiger partial charge is 0.336 e. The van der Waals surface area contributed by atoms with Gasteiger partial charge in [-0.05, 0) is 24.3 Å². The quantitative estimate of drug-likeness (QED) is 0.732. The molecule has 1 atom stereocenters. The molecule has 0 radical (unpaired) electrons. The number of hydrogen-bond donors (Lipinski definition) is 1. The van der Waals surface area contributed by atoms with E-state index < -0.39 is 8.24 Å². The molecule has 1 nitrogen and oxygen atoms in total. The van der Waals surface area contributed by atoms with Crippen LogP contribution in [0.3, 0.4) is 0 Å². The van der Waals surface area contributed by atoms with E-state index in [1.54, 1.807) is 5.19 Å². The smallest absolute Gasteiger partial charge is 0.157 e. The first-order valence-electron chi connectivity index (χ1n) is 5.53. The molecule has 1 N–H and O–H groups in total. The van der Waals surface area contributed by atoms with Crippen molar-refractivity contribution in [3.8, 4) is 0 Å². The summed E-state index contributed by atoms with van der Waals surface area (Å²) in [4.78, 5) is 3.62. The standard InChI is InChI=1S/C12H21NSi/c1-4-11-14(5-2,13-3)12-9-7-6-8-10-12/h6-10,13H,4-5,11H2,1-3H3. The van der Waals surface area contributed by atoms with Crippen LogP contribution in [0.4, 0.5) is 0 Å². The highest BCUT2D eigenvalue weighted by Crippen LogP contribution is 2.13. The van der Waals surface area contributed by atoms with Crippen LogP contribution in [0.25, 0.3) is 0 Å². The van der Waals surface area contributed by atoms with E-state index in [1.165, 1.54) is 18.5 Å². The number of nitrogens with one attached hydrogen (secondary N) is 1. The molecule has 1 aromatic carbocycles. The van der Waals surface area contributed by atoms with Crippen LogP contribution in [0.1, 0.15) is 20.3 Å². The van der Waals surface area contributed by atoms with Crippen molar-refractivity contribution < 1.29 is 0 Å². The van der Waals surface area contributed by atoms with Crippen LogP contribution >= 0.6 is 0 Å². The Balaban J connectivity index is 2.98. The highest BCUT2D eigenvalue weighted by atomic mass is 28.3. The summed E-state index contributed by atoms with van der Waals surface area (Å²) in [5, 5.41) is 1.55. The van der Waals surface area contributed by atoms with Crippen LogP contribution in [0.5, 0.6) is 0 Å². The second-order valence-electron chi connectivity index (χ2n) is 3.80. The van der Waals surface area contributed by atoms with E-state index in [9.17, 15) is 0 Å². The fourth-order valence-electron chi connectivity index (χ4n) is 2.16. The van der Waals surface area contributed by atoms with E-state index in [1.807, 2.05) is 0 Å². The summed E-state index contributed by atoms with van der Waals surface area (Å²) in [6.07, 6.45) is 1.27. The zero-order valence-electron chi connectivity index (χ0n) is 9.51. The second kappa shape index (κ2) is 5.32. The highest BCUT2D eigenvalue weighted by molar-refractivity contribution is 6.89. The van der Waals surface area contributed by atoms with Crippen molar-refractivity contribution in [3.05, 3.63) is 30.3 Å². The molecule has 1 aromatic rings. The lowest BCUT2D eigenvalue weighted by molar-refractivity contribution is 0.983. The number of benzene rings is 1. The summed E-state index contributed by atoms with van der Waals surface area (Å²) in [5.41, 5.74) is 0. The van der Waals surface area contributed by atoms with Gasteiger partial charge in [0, 0.05) is 0 Å². The van der Waals surface area contributed by atoms with Crippen LogP contribution in [-0.2, 0) is 0 Å². The molecule has 78 valence electrons. The van der Waals surface area contributed by atoms with Gasteiger partial charge >= 0.3 is 0 Å². The topological polar surface area (TPSA) is 12.0 Å². The predicted molar refractivity (Wildman–Crippen MR) is 66.5 cm³/mol. The van der Waals surface area contributed by atoms with Gasteiger partial charge in [-0.2, -0.15) is 0 Å². The van der Waals surface area contributed by atoms with E-state index in [-0.39, 0.29) is 0 Å². The molecule has 0 amide bonds. The minimum Gasteiger partial charge on any atom is -0.336 e. The third-order valence-corrected chi connectivity index (χ3v) is 8.04. The van der Waals surface area contributed by atoms with Crippen molar-refractivity contribution in [1.82, 2.24) is 4.98 Å². The van der Waals surface area contributed by atoms with E-state index in [4.69, 9.17) is 0 Å². The average Bonchev–Trinajstić information content (AvgIpc) is 2.27. The third-order valence-electron chi connectivity index (χ3n) is 3.09. The summed E-state index contributed by atoms with van der Waals surface area (Å²) in [6, 6.07) is 13.6. The van der Waals surface area contributed by atoms with Crippen molar-refractivity contribution in [2.24, 2.45) is 0 Å². The molecule has 0 aliphatic rings. The van der Waals surface area contributed by atoms with Crippen LogP contribution in [0.2, 0.25) is 12.1 Å². The predicted octanol–water partition coefficient (Wildman–Crippen LogP) is 2.49. The summed E-state index contributed by atoms with van der Waals surface area (Å²) >= 11 is 0. The average molecular weight is 207 g/mol. The van der Waals surface area contributed by atoms with Crippen LogP contribution in [-0.4, -0.2) is 15.3 Å². The van der Waals surface area contributed by atoms with Crippen molar-refractivity contribution in [1.29, 1.82) is 0 Å². The SMILES string of the molecule is CCC[Si](CC)(NC)c1ccccc1. The Kier molecular flexibility index (Phi) is 4.36. The molecule has 1 rings (SSSR count). The second-order valence-corrected chi connectivity index (χ2v) is 8.25. The Bertz CT molecular complexity index is 254. The lowest BCUT2D eigenvalue weighted by Crippen LogP contribution is -2.58. The molecule has 0 heterocycles. The zero-order chi connectivity index (χ0) is 10.4. The minimum atomic E-state index is -1.37. The highest BCUT2D eigenvalue weighted by Gasteiger charge is 2.30. The van der Waals surface area contributed by atoms with Crippen molar-refractivity contribution in [2.45, 2.75) is 32.4 Å². The first-order chi connectivity index (χ1) is 6.79. The van der Waals surface area contributed by atoms with Crippen LogP contribution in [0, 0.1) is 0 Å². The third kappa shape index (κ3) is 2.25. The summed E-state index contributed by atoms with van der Waals surface area (Å²) in [5.74, 6) is 0. The van der Waals surface area contributed by atoms with Gasteiger partial charge in [0.05, 0.1) is 0 Å². The van der Waals surface area contributed by atoms with Gasteiger partial charge in [0.2, 0.25) is 0 Å². The Hall–Kier alpha value is -0.603. The van der Waals surface area contributed by atoms with Gasteiger partial charge in [-0.1, -0.05) is 50.6 Å². The fraction of sp³-hybridized carbons (Fsp3) is 0.500. The van der Waals surface area contributed by atoms with Crippen molar-refractivity contribution in [3.63, 3.8) is 0 Å². The molecule has 0 aliphatic heterocycles. The van der Waals surface area contributed by atoms with Crippen molar-refractivity contribution >= 4 is 13.4 Å². The number of hydrogen-bond acceptors (Lipinski definition) is 1. The molecule has 0 aromatic heterocycles. The lowest BCUT2D eigenvalue weighted by atomic mass is 10.4. The van der Waals surface area contributed by atoms with Crippen LogP contribution < -0.4 is 10.2 Å². The van der Waals surface area contributed by atoms with E-state index in [0.29, 0.717) is 0 Å². The molecule has 0 aliphatic carbocycles. The molecule has 0 fully saturated rings. The minimum absolute atomic E-state index is 1.27. The van der Waals surface area contributed by atoms with E-state index in [0.717, 1.165) is 0 Å². The summed E-state index contributed by atoms with van der Waals surface area (Å²) in [7, 11) is 0.754. The summed E-state index contributed by atoms with van der Waals surface area (Å²) in [6.45, 7) is 4.59. The number of rotatable bonds is 5. The van der Waals surface area contributed by atoms with Gasteiger partial charge in [0.1, 0.15) is 0 Å². The van der Waals surface area contributed by atoms with Gasteiger partial charge in [-0.15, -0.1) is 0 Å². The molecule has 1 unspecified atom stereocenters. The molecule has 0 saturated carbocycles. The molecule has 0 spiro atoms. The van der Waals surface area contributed by atoms with E-state index >= 15 is 0 Å². The maximum Gasteiger partial charge on any atom is 0.157 e. The van der Waals surface area contributed by atoms with Gasteiger partial charge in [0.25, 0.3) is 0 Å². The van der Waals surface area contributed by atoms with Gasteiger partial charge in [-0.3, -0.25) is 0 Å². The molecule has 0 saturated heterocycles. The molecule has 0 bridgehead atoms. The Morgan fingerprint density at radius 1 is 1.14 bits per heavy atom. The Labute approximate surface area is 88.6 Å². The molecular weight excluding hydrogens is 186 g/mol. The summed E-state index contributed by atoms with van der Waals surface area (Å²) < 4.78 is 0. The van der Waals surface area contributed by atoms with Gasteiger partial charge < -0.3 is 4.98 Å². The maximum atomic E-state index is 3.62. The Morgan fingerprint density at radius 2 is 1.79 bits per heavy atom. The van der Waals surface area contributed by atoms with E-state index in [2.05, 4.69) is 56.2 Å². The van der Waals surface area contributed by atoms with Gasteiger partial charge in [0.15, 0.2) is 8.24 Å². The normalized spacial score (nSPS) is 15.1. The van der Waals surface area contributed by atoms with Gasteiger partial charge in [-0.25, -0.2) is 0 Å². The van der Waals surface area contributed by atoms with Crippen molar-refractivity contribution in [2.75, 3.05) is 7.05 Å². The first kappa shape index (κ1) is 11.5. The van der Waals surface area contributed by atoms with Crippen LogP contribution in [0.15, 0.2) is 30.3 Å². The lowest BCUT2D eigenvalue weighted by Gasteiger charge is -2.30.